The van der Waals surface area contributed by atoms with E-state index in [2.05, 4.69) is 90.4 Å². The summed E-state index contributed by atoms with van der Waals surface area (Å²) in [5, 5.41) is 4.27. The zero-order valence-electron chi connectivity index (χ0n) is 33.6. The third-order valence-corrected chi connectivity index (χ3v) is 11.8. The number of carbonyl (C=O) groups is 2. The predicted octanol–water partition coefficient (Wildman–Crippen LogP) is 10.6. The van der Waals surface area contributed by atoms with E-state index in [0.29, 0.717) is 16.6 Å². The Labute approximate surface area is 339 Å². The van der Waals surface area contributed by atoms with Crippen LogP contribution in [0.25, 0.3) is 21.5 Å². The number of hydrogen-bond donors (Lipinski definition) is 0. The van der Waals surface area contributed by atoms with Gasteiger partial charge in [-0.2, -0.15) is 0 Å². The van der Waals surface area contributed by atoms with Gasteiger partial charge in [-0.25, -0.2) is 9.59 Å². The second kappa shape index (κ2) is 17.2. The van der Waals surface area contributed by atoms with Crippen LogP contribution in [0.3, 0.4) is 0 Å². The normalized spacial score (nSPS) is 14.3. The van der Waals surface area contributed by atoms with E-state index in [4.69, 9.17) is 18.8 Å². The molecule has 0 N–H and O–H groups in total. The summed E-state index contributed by atoms with van der Waals surface area (Å²) < 4.78 is 23.3. The highest BCUT2D eigenvalue weighted by Crippen LogP contribution is 2.37. The molecule has 1 aliphatic rings. The van der Waals surface area contributed by atoms with E-state index >= 15 is 0 Å². The molecule has 1 fully saturated rings. The summed E-state index contributed by atoms with van der Waals surface area (Å²) in [6.45, 7) is 12.4. The van der Waals surface area contributed by atoms with Gasteiger partial charge in [0.1, 0.15) is 0 Å². The first-order chi connectivity index (χ1) is 26.8. The number of hydrogen-bond acceptors (Lipinski definition) is 6. The lowest BCUT2D eigenvalue weighted by Gasteiger charge is -2.32. The van der Waals surface area contributed by atoms with Gasteiger partial charge >= 0.3 is 19.1 Å². The third kappa shape index (κ3) is 8.78. The minimum absolute atomic E-state index is 0.329. The standard InChI is InChI=1S/C27H31BO4.C21H19BrO2/c1-7-18-11-13-19(14-12-18)15-20-9-8-10-21-16-23(25(29)30-6)24(17-22(20)21)28-31-26(2,3)27(4,5)32-28;1-3-14-7-9-15(10-8-14)11-16-5-4-6-17-12-19(21(23)24-2)20(22)13-18(16)17/h8-14,16-17H,7,15H2,1-6H3;4-10,12-13H,3,11H2,1-2H3. The summed E-state index contributed by atoms with van der Waals surface area (Å²) in [5.74, 6) is -0.721. The summed E-state index contributed by atoms with van der Waals surface area (Å²) in [5.41, 5.74) is 8.39. The molecule has 8 heteroatoms. The Bertz CT molecular complexity index is 2350. The smallest absolute Gasteiger partial charge is 0.465 e. The van der Waals surface area contributed by atoms with E-state index < -0.39 is 24.3 Å². The molecular weight excluding hydrogens is 763 g/mol. The van der Waals surface area contributed by atoms with Crippen LogP contribution in [0, 0.1) is 0 Å². The number of ether oxygens (including phenoxy) is 2. The summed E-state index contributed by atoms with van der Waals surface area (Å²) in [4.78, 5) is 24.5. The molecule has 1 aliphatic heterocycles. The first-order valence-corrected chi connectivity index (χ1v) is 20.0. The maximum absolute atomic E-state index is 12.7. The molecule has 0 spiro atoms. The van der Waals surface area contributed by atoms with Gasteiger partial charge in [0.2, 0.25) is 0 Å². The van der Waals surface area contributed by atoms with Crippen LogP contribution in [0.15, 0.2) is 114 Å². The summed E-state index contributed by atoms with van der Waals surface area (Å²) >= 11 is 3.50. The van der Waals surface area contributed by atoms with E-state index in [1.165, 1.54) is 47.6 Å². The lowest BCUT2D eigenvalue weighted by molar-refractivity contribution is 0.00578. The quantitative estimate of drug-likeness (QED) is 0.107. The molecule has 1 heterocycles. The molecule has 56 heavy (non-hydrogen) atoms. The van der Waals surface area contributed by atoms with Crippen molar-refractivity contribution in [2.24, 2.45) is 0 Å². The number of aryl methyl sites for hydroxylation is 2. The number of carbonyl (C=O) groups excluding carboxylic acids is 2. The average Bonchev–Trinajstić information content (AvgIpc) is 3.43. The van der Waals surface area contributed by atoms with Crippen molar-refractivity contribution in [3.63, 3.8) is 0 Å². The Morgan fingerprint density at radius 3 is 1.45 bits per heavy atom. The van der Waals surface area contributed by atoms with Crippen molar-refractivity contribution in [2.75, 3.05) is 14.2 Å². The molecule has 0 radical (unpaired) electrons. The monoisotopic (exact) mass is 812 g/mol. The molecule has 7 rings (SSSR count). The highest BCUT2D eigenvalue weighted by atomic mass is 79.9. The van der Waals surface area contributed by atoms with Gasteiger partial charge < -0.3 is 18.8 Å². The van der Waals surface area contributed by atoms with Crippen molar-refractivity contribution in [1.29, 1.82) is 0 Å². The number of esters is 2. The third-order valence-electron chi connectivity index (χ3n) is 11.2. The van der Waals surface area contributed by atoms with Crippen LogP contribution in [0.5, 0.6) is 0 Å². The first-order valence-electron chi connectivity index (χ1n) is 19.2. The van der Waals surface area contributed by atoms with E-state index in [0.717, 1.165) is 51.7 Å². The molecule has 6 nitrogen and oxygen atoms in total. The molecule has 288 valence electrons. The number of benzene rings is 6. The van der Waals surface area contributed by atoms with Gasteiger partial charge in [-0.3, -0.25) is 0 Å². The van der Waals surface area contributed by atoms with Gasteiger partial charge in [-0.1, -0.05) is 105 Å². The second-order valence-corrected chi connectivity index (χ2v) is 16.2. The lowest BCUT2D eigenvalue weighted by Crippen LogP contribution is -2.41. The molecule has 0 amide bonds. The molecular formula is C48H50BBrO6. The van der Waals surface area contributed by atoms with Gasteiger partial charge in [0.05, 0.1) is 36.5 Å². The summed E-state index contributed by atoms with van der Waals surface area (Å²) in [6.07, 6.45) is 3.76. The van der Waals surface area contributed by atoms with E-state index in [1.54, 1.807) is 0 Å². The van der Waals surface area contributed by atoms with Crippen LogP contribution in [0.1, 0.15) is 95.6 Å². The first kappa shape index (κ1) is 40.9. The van der Waals surface area contributed by atoms with Gasteiger partial charge in [-0.15, -0.1) is 0 Å². The maximum Gasteiger partial charge on any atom is 0.495 e. The van der Waals surface area contributed by atoms with Crippen molar-refractivity contribution in [1.82, 2.24) is 0 Å². The van der Waals surface area contributed by atoms with Gasteiger partial charge in [0.15, 0.2) is 0 Å². The molecule has 0 aromatic heterocycles. The van der Waals surface area contributed by atoms with Gasteiger partial charge in [-0.05, 0) is 148 Å². The SMILES string of the molecule is CCc1ccc(Cc2cccc3cc(C(=O)OC)c(B4OC(C)(C)C(C)(C)O4)cc23)cc1.CCc1ccc(Cc2cccc3cc(C(=O)OC)c(Br)cc23)cc1. The Hall–Kier alpha value is -4.76. The average molecular weight is 814 g/mol. The van der Waals surface area contributed by atoms with E-state index in [1.807, 2.05) is 76.2 Å². The number of methoxy groups -OCH3 is 2. The Morgan fingerprint density at radius 1 is 0.589 bits per heavy atom. The van der Waals surface area contributed by atoms with Crippen molar-refractivity contribution in [2.45, 2.75) is 78.4 Å². The number of rotatable bonds is 9. The zero-order valence-corrected chi connectivity index (χ0v) is 35.2. The fourth-order valence-corrected chi connectivity index (χ4v) is 7.53. The molecule has 0 atom stereocenters. The largest absolute Gasteiger partial charge is 0.495 e. The molecule has 1 saturated heterocycles. The summed E-state index contributed by atoms with van der Waals surface area (Å²) in [6, 6.07) is 37.7. The fourth-order valence-electron chi connectivity index (χ4n) is 7.02. The topological polar surface area (TPSA) is 71.1 Å². The molecule has 0 unspecified atom stereocenters. The lowest BCUT2D eigenvalue weighted by atomic mass is 9.74. The number of fused-ring (bicyclic) bond motifs is 2. The zero-order chi connectivity index (χ0) is 40.2. The number of halogens is 1. The molecule has 0 saturated carbocycles. The van der Waals surface area contributed by atoms with Crippen LogP contribution in [-0.2, 0) is 44.5 Å². The molecule has 0 bridgehead atoms. The Morgan fingerprint density at radius 2 is 1.00 bits per heavy atom. The van der Waals surface area contributed by atoms with Crippen molar-refractivity contribution in [3.05, 3.63) is 158 Å². The van der Waals surface area contributed by atoms with Gasteiger partial charge in [0, 0.05) is 4.47 Å². The highest BCUT2D eigenvalue weighted by molar-refractivity contribution is 9.10. The van der Waals surface area contributed by atoms with Crippen LogP contribution < -0.4 is 5.46 Å². The van der Waals surface area contributed by atoms with Crippen molar-refractivity contribution in [3.8, 4) is 0 Å². The maximum atomic E-state index is 12.7. The molecule has 6 aromatic rings. The van der Waals surface area contributed by atoms with Crippen LogP contribution in [0.4, 0.5) is 0 Å². The summed E-state index contributed by atoms with van der Waals surface area (Å²) in [7, 11) is 2.15. The Kier molecular flexibility index (Phi) is 12.5. The molecule has 0 aliphatic carbocycles. The fraction of sp³-hybridized carbons (Fsp3) is 0.292. The highest BCUT2D eigenvalue weighted by Gasteiger charge is 2.52. The van der Waals surface area contributed by atoms with Crippen LogP contribution in [-0.4, -0.2) is 44.5 Å². The van der Waals surface area contributed by atoms with Gasteiger partial charge in [0.25, 0.3) is 0 Å². The van der Waals surface area contributed by atoms with Crippen molar-refractivity contribution >= 4 is 62.0 Å². The van der Waals surface area contributed by atoms with E-state index in [9.17, 15) is 9.59 Å². The van der Waals surface area contributed by atoms with Crippen LogP contribution in [0.2, 0.25) is 0 Å². The van der Waals surface area contributed by atoms with E-state index in [-0.39, 0.29) is 5.97 Å². The Balaban J connectivity index is 0.000000198. The molecule has 6 aromatic carbocycles. The minimum Gasteiger partial charge on any atom is -0.465 e. The van der Waals surface area contributed by atoms with Crippen molar-refractivity contribution < 1.29 is 28.4 Å². The predicted molar refractivity (Wildman–Crippen MR) is 231 cm³/mol. The second-order valence-electron chi connectivity index (χ2n) is 15.3. The minimum atomic E-state index is -0.643. The van der Waals surface area contributed by atoms with Crippen LogP contribution >= 0.6 is 15.9 Å².